The molecule has 0 saturated heterocycles. The maximum atomic E-state index is 11.9. The van der Waals surface area contributed by atoms with Crippen LogP contribution in [0, 0.1) is 6.92 Å². The Hall–Kier alpha value is -3.75. The summed E-state index contributed by atoms with van der Waals surface area (Å²) in [5.41, 5.74) is 4.14. The van der Waals surface area contributed by atoms with Gasteiger partial charge in [0.15, 0.2) is 0 Å². The quantitative estimate of drug-likeness (QED) is 0.468. The van der Waals surface area contributed by atoms with E-state index in [1.807, 2.05) is 30.3 Å². The normalized spacial score (nSPS) is 11.0. The summed E-state index contributed by atoms with van der Waals surface area (Å²) < 4.78 is 0. The lowest BCUT2D eigenvalue weighted by Gasteiger charge is -2.04. The maximum Gasteiger partial charge on any atom is 0.263 e. The molecule has 1 amide bonds. The summed E-state index contributed by atoms with van der Waals surface area (Å²) in [7, 11) is 0. The molecule has 3 aromatic rings. The average Bonchev–Trinajstić information content (AvgIpc) is 3.06. The van der Waals surface area contributed by atoms with Gasteiger partial charge in [-0.05, 0) is 23.8 Å². The van der Waals surface area contributed by atoms with Crippen LogP contribution >= 0.6 is 0 Å². The Morgan fingerprint density at radius 3 is 2.77 bits per heavy atom. The van der Waals surface area contributed by atoms with Crippen molar-refractivity contribution >= 4 is 12.1 Å². The molecule has 1 heterocycles. The van der Waals surface area contributed by atoms with Gasteiger partial charge in [0.05, 0.1) is 6.21 Å². The lowest BCUT2D eigenvalue weighted by atomic mass is 10.1. The molecule has 0 aliphatic carbocycles. The number of phenolic OH excluding ortho intramolecular Hbond substituents is 2. The van der Waals surface area contributed by atoms with Crippen molar-refractivity contribution in [1.82, 2.24) is 25.6 Å². The molecule has 3 N–H and O–H groups in total. The topological polar surface area (TPSA) is 126 Å². The van der Waals surface area contributed by atoms with Crippen molar-refractivity contribution in [3.05, 3.63) is 53.6 Å². The van der Waals surface area contributed by atoms with Crippen LogP contribution in [0.15, 0.2) is 47.6 Å². The molecule has 1 aromatic heterocycles. The van der Waals surface area contributed by atoms with E-state index in [2.05, 4.69) is 25.9 Å². The number of hydrogen-bond donors (Lipinski definition) is 3. The zero-order valence-electron chi connectivity index (χ0n) is 13.9. The van der Waals surface area contributed by atoms with Gasteiger partial charge in [0.25, 0.3) is 5.91 Å². The molecule has 9 nitrogen and oxygen atoms in total. The predicted octanol–water partition coefficient (Wildman–Crippen LogP) is 1.21. The Kier molecular flexibility index (Phi) is 4.88. The first-order valence-corrected chi connectivity index (χ1v) is 7.70. The summed E-state index contributed by atoms with van der Waals surface area (Å²) in [5.74, 6) is -0.209. The number of carbonyl (C=O) groups excluding carboxylic acids is 1. The first kappa shape index (κ1) is 17.1. The maximum absolute atomic E-state index is 11.9. The molecular formula is C17H16N6O3. The minimum absolute atomic E-state index is 0.0485. The van der Waals surface area contributed by atoms with Crippen molar-refractivity contribution in [3.8, 4) is 22.9 Å². The van der Waals surface area contributed by atoms with E-state index in [1.54, 1.807) is 6.92 Å². The van der Waals surface area contributed by atoms with Crippen molar-refractivity contribution in [2.75, 3.05) is 0 Å². The summed E-state index contributed by atoms with van der Waals surface area (Å²) in [4.78, 5) is 13.1. The fourth-order valence-corrected chi connectivity index (χ4v) is 2.27. The number of amides is 1. The third kappa shape index (κ3) is 4.01. The molecule has 0 fully saturated rings. The van der Waals surface area contributed by atoms with Crippen LogP contribution < -0.4 is 5.43 Å². The van der Waals surface area contributed by atoms with E-state index in [0.29, 0.717) is 17.0 Å². The standard InChI is InChI=1S/C17H16N6O3/c1-11-7-13(24)8-15(25)14(11)9-18-19-16(26)10-23-21-17(20-22-23)12-5-3-2-4-6-12/h2-9,24-25H,10H2,1H3,(H,19,26). The summed E-state index contributed by atoms with van der Waals surface area (Å²) >= 11 is 0. The monoisotopic (exact) mass is 352 g/mol. The highest BCUT2D eigenvalue weighted by Gasteiger charge is 2.09. The summed E-state index contributed by atoms with van der Waals surface area (Å²) in [6, 6.07) is 12.0. The van der Waals surface area contributed by atoms with E-state index in [4.69, 9.17) is 0 Å². The molecular weight excluding hydrogens is 336 g/mol. The number of aryl methyl sites for hydroxylation is 1. The van der Waals surface area contributed by atoms with Gasteiger partial charge in [-0.1, -0.05) is 30.3 Å². The molecule has 0 radical (unpaired) electrons. The molecule has 0 atom stereocenters. The fourth-order valence-electron chi connectivity index (χ4n) is 2.27. The van der Waals surface area contributed by atoms with Crippen molar-refractivity contribution in [2.24, 2.45) is 5.10 Å². The second-order valence-corrected chi connectivity index (χ2v) is 5.50. The number of nitrogens with one attached hydrogen (secondary N) is 1. The Morgan fingerprint density at radius 2 is 2.04 bits per heavy atom. The van der Waals surface area contributed by atoms with Gasteiger partial charge in [-0.25, -0.2) is 5.43 Å². The third-order valence-corrected chi connectivity index (χ3v) is 3.50. The number of tetrazole rings is 1. The SMILES string of the molecule is Cc1cc(O)cc(O)c1C=NNC(=O)Cn1nnc(-c2ccccc2)n1. The first-order valence-electron chi connectivity index (χ1n) is 7.70. The number of hydrogen-bond acceptors (Lipinski definition) is 7. The second-order valence-electron chi connectivity index (χ2n) is 5.50. The van der Waals surface area contributed by atoms with E-state index >= 15 is 0 Å². The van der Waals surface area contributed by atoms with E-state index in [1.165, 1.54) is 18.3 Å². The highest BCUT2D eigenvalue weighted by molar-refractivity contribution is 5.87. The molecule has 132 valence electrons. The van der Waals surface area contributed by atoms with E-state index in [9.17, 15) is 15.0 Å². The van der Waals surface area contributed by atoms with Gasteiger partial charge in [-0.2, -0.15) is 9.90 Å². The summed E-state index contributed by atoms with van der Waals surface area (Å²) in [5, 5.41) is 34.8. The third-order valence-electron chi connectivity index (χ3n) is 3.50. The van der Waals surface area contributed by atoms with Gasteiger partial charge in [-0.15, -0.1) is 10.2 Å². The van der Waals surface area contributed by atoms with Gasteiger partial charge in [-0.3, -0.25) is 4.79 Å². The van der Waals surface area contributed by atoms with Crippen LogP contribution in [-0.4, -0.2) is 42.5 Å². The average molecular weight is 352 g/mol. The van der Waals surface area contributed by atoms with E-state index in [-0.39, 0.29) is 18.0 Å². The van der Waals surface area contributed by atoms with Crippen LogP contribution in [0.2, 0.25) is 0 Å². The number of hydrazone groups is 1. The summed E-state index contributed by atoms with van der Waals surface area (Å²) in [6.07, 6.45) is 1.30. The second kappa shape index (κ2) is 7.43. The van der Waals surface area contributed by atoms with Crippen LogP contribution in [-0.2, 0) is 11.3 Å². The number of benzene rings is 2. The Balaban J connectivity index is 1.61. The molecule has 3 rings (SSSR count). The minimum Gasteiger partial charge on any atom is -0.508 e. The largest absolute Gasteiger partial charge is 0.508 e. The number of nitrogens with zero attached hydrogens (tertiary/aromatic N) is 5. The van der Waals surface area contributed by atoms with Crippen molar-refractivity contribution in [3.63, 3.8) is 0 Å². The number of phenols is 2. The molecule has 9 heteroatoms. The predicted molar refractivity (Wildman–Crippen MR) is 93.5 cm³/mol. The first-order chi connectivity index (χ1) is 12.5. The smallest absolute Gasteiger partial charge is 0.263 e. The van der Waals surface area contributed by atoms with Gasteiger partial charge < -0.3 is 10.2 Å². The Labute approximate surface area is 148 Å². The molecule has 0 spiro atoms. The van der Waals surface area contributed by atoms with Crippen LogP contribution in [0.4, 0.5) is 0 Å². The van der Waals surface area contributed by atoms with Gasteiger partial charge in [0.1, 0.15) is 18.0 Å². The Morgan fingerprint density at radius 1 is 1.27 bits per heavy atom. The zero-order chi connectivity index (χ0) is 18.5. The highest BCUT2D eigenvalue weighted by Crippen LogP contribution is 2.24. The number of rotatable bonds is 5. The zero-order valence-corrected chi connectivity index (χ0v) is 13.9. The molecule has 0 unspecified atom stereocenters. The molecule has 0 saturated carbocycles. The minimum atomic E-state index is -0.450. The summed E-state index contributed by atoms with van der Waals surface area (Å²) in [6.45, 7) is 1.55. The lowest BCUT2D eigenvalue weighted by Crippen LogP contribution is -2.24. The van der Waals surface area contributed by atoms with Crippen molar-refractivity contribution in [1.29, 1.82) is 0 Å². The van der Waals surface area contributed by atoms with Crippen LogP contribution in [0.1, 0.15) is 11.1 Å². The number of aromatic hydroxyl groups is 2. The van der Waals surface area contributed by atoms with Crippen LogP contribution in [0.3, 0.4) is 0 Å². The molecule has 26 heavy (non-hydrogen) atoms. The van der Waals surface area contributed by atoms with Gasteiger partial charge in [0, 0.05) is 17.2 Å². The van der Waals surface area contributed by atoms with Crippen LogP contribution in [0.5, 0.6) is 11.5 Å². The molecule has 0 aliphatic rings. The van der Waals surface area contributed by atoms with Crippen molar-refractivity contribution < 1.29 is 15.0 Å². The highest BCUT2D eigenvalue weighted by atomic mass is 16.3. The van der Waals surface area contributed by atoms with E-state index < -0.39 is 5.91 Å². The fraction of sp³-hybridized carbons (Fsp3) is 0.118. The lowest BCUT2D eigenvalue weighted by molar-refractivity contribution is -0.122. The molecule has 2 aromatic carbocycles. The van der Waals surface area contributed by atoms with E-state index in [0.717, 1.165) is 10.4 Å². The van der Waals surface area contributed by atoms with Gasteiger partial charge >= 0.3 is 0 Å². The van der Waals surface area contributed by atoms with Gasteiger partial charge in [0.2, 0.25) is 5.82 Å². The Bertz CT molecular complexity index is 929. The number of carbonyl (C=O) groups is 1. The number of aromatic nitrogens is 4. The van der Waals surface area contributed by atoms with Crippen LogP contribution in [0.25, 0.3) is 11.4 Å². The molecule has 0 bridgehead atoms. The molecule has 0 aliphatic heterocycles. The van der Waals surface area contributed by atoms with Crippen molar-refractivity contribution in [2.45, 2.75) is 13.5 Å².